The lowest BCUT2D eigenvalue weighted by Crippen LogP contribution is -1.69. The fourth-order valence-electron chi connectivity index (χ4n) is 0. The summed E-state index contributed by atoms with van der Waals surface area (Å²) >= 11 is 1.65. The highest BCUT2D eigenvalue weighted by Gasteiger charge is 2.01. The van der Waals surface area contributed by atoms with Gasteiger partial charge in [-0.15, -0.1) is 0 Å². The van der Waals surface area contributed by atoms with E-state index in [1.165, 1.54) is 6.66 Å². The molecule has 1 unspecified atom stereocenters. The standard InChI is InChI=1S/CH3BIO2P/c1-6(3,4)5-2/h1H3. The van der Waals surface area contributed by atoms with Crippen molar-refractivity contribution in [2.75, 3.05) is 6.66 Å². The Bertz CT molecular complexity index is 77.6. The molecule has 0 spiro atoms. The minimum Gasteiger partial charge on any atom is -0.396 e. The second-order valence-corrected chi connectivity index (χ2v) is 7.81. The van der Waals surface area contributed by atoms with Gasteiger partial charge in [-0.1, -0.05) is 0 Å². The maximum Gasteiger partial charge on any atom is 0.293 e. The second-order valence-electron chi connectivity index (χ2n) is 0.852. The quantitative estimate of drug-likeness (QED) is 0.375. The van der Waals surface area contributed by atoms with Crippen LogP contribution in [0.5, 0.6) is 0 Å². The zero-order valence-corrected chi connectivity index (χ0v) is 6.27. The van der Waals surface area contributed by atoms with Crippen molar-refractivity contribution in [3.63, 3.8) is 0 Å². The Kier molecular flexibility index (Phi) is 2.72. The van der Waals surface area contributed by atoms with Gasteiger partial charge in [0.25, 0.3) is 8.05 Å². The summed E-state index contributed by atoms with van der Waals surface area (Å²) in [4.78, 5) is 0. The van der Waals surface area contributed by atoms with Gasteiger partial charge >= 0.3 is 0 Å². The molecule has 0 bridgehead atoms. The summed E-state index contributed by atoms with van der Waals surface area (Å²) in [6.07, 6.45) is 0. The van der Waals surface area contributed by atoms with Gasteiger partial charge < -0.3 is 4.44 Å². The van der Waals surface area contributed by atoms with Crippen LogP contribution in [0.15, 0.2) is 0 Å². The average molecular weight is 216 g/mol. The van der Waals surface area contributed by atoms with Crippen molar-refractivity contribution >= 4 is 35.1 Å². The number of halogens is 1. The molecule has 0 saturated heterocycles. The fraction of sp³-hybridized carbons (Fsp3) is 1.00. The Morgan fingerprint density at radius 3 is 2.17 bits per heavy atom. The highest BCUT2D eigenvalue weighted by Crippen LogP contribution is 2.50. The Morgan fingerprint density at radius 2 is 2.17 bits per heavy atom. The molecular formula is CH3BIO2P. The van der Waals surface area contributed by atoms with Gasteiger partial charge in [-0.25, -0.2) is 0 Å². The maximum atomic E-state index is 10.2. The van der Waals surface area contributed by atoms with Crippen LogP contribution < -0.4 is 0 Å². The monoisotopic (exact) mass is 216 g/mol. The third-order valence-corrected chi connectivity index (χ3v) is 1.25. The van der Waals surface area contributed by atoms with Crippen LogP contribution in [0, 0.1) is 0 Å². The summed E-state index contributed by atoms with van der Waals surface area (Å²) in [7, 11) is 4.53. The van der Waals surface area contributed by atoms with Crippen molar-refractivity contribution in [2.45, 2.75) is 0 Å². The molecule has 6 heavy (non-hydrogen) atoms. The van der Waals surface area contributed by atoms with Crippen LogP contribution in [0.1, 0.15) is 0 Å². The van der Waals surface area contributed by atoms with E-state index in [4.69, 9.17) is 0 Å². The summed E-state index contributed by atoms with van der Waals surface area (Å²) in [6.45, 7) is 1.44. The van der Waals surface area contributed by atoms with Gasteiger partial charge in [0.1, 0.15) is 0 Å². The SMILES string of the molecule is [B]OP(C)(=O)I. The molecule has 0 N–H and O–H groups in total. The second kappa shape index (κ2) is 2.33. The largest absolute Gasteiger partial charge is 0.396 e. The molecule has 0 heterocycles. The summed E-state index contributed by atoms with van der Waals surface area (Å²) in [5.74, 6) is 0. The highest BCUT2D eigenvalue weighted by molar-refractivity contribution is 14.2. The summed E-state index contributed by atoms with van der Waals surface area (Å²) in [5, 5.41) is -2.40. The van der Waals surface area contributed by atoms with Crippen LogP contribution >= 0.6 is 27.1 Å². The molecule has 0 aliphatic rings. The van der Waals surface area contributed by atoms with Gasteiger partial charge in [0.15, 0.2) is 0 Å². The van der Waals surface area contributed by atoms with E-state index in [1.54, 1.807) is 22.0 Å². The van der Waals surface area contributed by atoms with Crippen LogP contribution in [0.25, 0.3) is 0 Å². The molecule has 0 aromatic carbocycles. The zero-order chi connectivity index (χ0) is 5.21. The molecule has 2 radical (unpaired) electrons. The summed E-state index contributed by atoms with van der Waals surface area (Å²) < 4.78 is 14.2. The predicted molar refractivity (Wildman–Crippen MR) is 34.4 cm³/mol. The van der Waals surface area contributed by atoms with E-state index in [9.17, 15) is 4.57 Å². The van der Waals surface area contributed by atoms with E-state index in [2.05, 4.69) is 12.5 Å². The molecule has 1 atom stereocenters. The van der Waals surface area contributed by atoms with Gasteiger partial charge in [0.2, 0.25) is 5.01 Å². The van der Waals surface area contributed by atoms with E-state index >= 15 is 0 Å². The third-order valence-electron chi connectivity index (χ3n) is 0.188. The van der Waals surface area contributed by atoms with E-state index in [-0.39, 0.29) is 0 Å². The fourth-order valence-corrected chi connectivity index (χ4v) is 0. The average Bonchev–Trinajstić information content (AvgIpc) is 1.35. The van der Waals surface area contributed by atoms with Crippen LogP contribution in [-0.2, 0) is 9.01 Å². The molecule has 0 aliphatic carbocycles. The molecule has 5 heteroatoms. The Hall–Kier alpha value is 0.985. The predicted octanol–water partition coefficient (Wildman–Crippen LogP) is 1.34. The lowest BCUT2D eigenvalue weighted by atomic mass is 10.6. The smallest absolute Gasteiger partial charge is 0.293 e. The zero-order valence-electron chi connectivity index (χ0n) is 3.22. The first-order valence-corrected chi connectivity index (χ1v) is 6.07. The Balaban J connectivity index is 3.48. The topological polar surface area (TPSA) is 26.3 Å². The molecule has 34 valence electrons. The highest BCUT2D eigenvalue weighted by atomic mass is 127. The lowest BCUT2D eigenvalue weighted by Gasteiger charge is -1.96. The van der Waals surface area contributed by atoms with Crippen molar-refractivity contribution in [3.05, 3.63) is 0 Å². The van der Waals surface area contributed by atoms with Gasteiger partial charge in [-0.3, -0.25) is 4.57 Å². The maximum absolute atomic E-state index is 10.2. The van der Waals surface area contributed by atoms with Crippen LogP contribution in [0.3, 0.4) is 0 Å². The molecule has 0 aromatic heterocycles. The van der Waals surface area contributed by atoms with Crippen molar-refractivity contribution in [2.24, 2.45) is 0 Å². The Morgan fingerprint density at radius 1 is 2.00 bits per heavy atom. The van der Waals surface area contributed by atoms with Crippen LogP contribution in [-0.4, -0.2) is 14.7 Å². The number of rotatable bonds is 1. The lowest BCUT2D eigenvalue weighted by molar-refractivity contribution is 0.528. The van der Waals surface area contributed by atoms with Gasteiger partial charge in [-0.2, -0.15) is 0 Å². The van der Waals surface area contributed by atoms with E-state index in [0.29, 0.717) is 0 Å². The molecule has 0 rings (SSSR count). The van der Waals surface area contributed by atoms with Crippen molar-refractivity contribution in [1.82, 2.24) is 0 Å². The van der Waals surface area contributed by atoms with E-state index in [0.717, 1.165) is 0 Å². The number of hydrogen-bond donors (Lipinski definition) is 0. The van der Waals surface area contributed by atoms with E-state index < -0.39 is 5.01 Å². The molecule has 0 aliphatic heterocycles. The molecule has 0 aromatic rings. The molecule has 0 fully saturated rings. The molecule has 0 saturated carbocycles. The normalized spacial score (nSPS) is 19.7. The van der Waals surface area contributed by atoms with Gasteiger partial charge in [0.05, 0.1) is 0 Å². The molecule has 0 amide bonds. The van der Waals surface area contributed by atoms with Crippen molar-refractivity contribution in [3.8, 4) is 0 Å². The van der Waals surface area contributed by atoms with Crippen molar-refractivity contribution < 1.29 is 9.01 Å². The minimum atomic E-state index is -2.40. The van der Waals surface area contributed by atoms with Crippen molar-refractivity contribution in [1.29, 1.82) is 0 Å². The van der Waals surface area contributed by atoms with Crippen LogP contribution in [0.4, 0.5) is 0 Å². The third kappa shape index (κ3) is 4.98. The van der Waals surface area contributed by atoms with Gasteiger partial charge in [-0.05, 0) is 0 Å². The summed E-state index contributed by atoms with van der Waals surface area (Å²) in [5.41, 5.74) is 0. The minimum absolute atomic E-state index is 1.44. The van der Waals surface area contributed by atoms with Crippen LogP contribution in [0.2, 0.25) is 0 Å². The first-order chi connectivity index (χ1) is 2.56. The first-order valence-electron chi connectivity index (χ1n) is 1.22. The van der Waals surface area contributed by atoms with Gasteiger partial charge in [0, 0.05) is 28.7 Å². The summed E-state index contributed by atoms with van der Waals surface area (Å²) in [6, 6.07) is 0. The molecule has 2 nitrogen and oxygen atoms in total. The first kappa shape index (κ1) is 6.98. The number of hydrogen-bond acceptors (Lipinski definition) is 2. The van der Waals surface area contributed by atoms with E-state index in [1.807, 2.05) is 0 Å². The Labute approximate surface area is 51.0 Å². The molecular weight excluding hydrogens is 213 g/mol.